The average Bonchev–Trinajstić information content (AvgIpc) is 3.08. The fourth-order valence-electron chi connectivity index (χ4n) is 3.63. The smallest absolute Gasteiger partial charge is 0.338 e. The highest BCUT2D eigenvalue weighted by Crippen LogP contribution is 2.31. The first-order chi connectivity index (χ1) is 15.4. The number of allylic oxidation sites excluding steroid dienone is 1. The second-order valence-electron chi connectivity index (χ2n) is 7.13. The highest BCUT2D eigenvalue weighted by atomic mass is 79.9. The van der Waals surface area contributed by atoms with Gasteiger partial charge in [0.15, 0.2) is 4.80 Å². The van der Waals surface area contributed by atoms with E-state index in [1.54, 1.807) is 25.5 Å². The summed E-state index contributed by atoms with van der Waals surface area (Å²) in [5.74, 6) is 0.239. The number of methoxy groups -OCH3 is 1. The molecule has 0 fully saturated rings. The number of benzene rings is 2. The van der Waals surface area contributed by atoms with Crippen LogP contribution in [0.25, 0.3) is 6.08 Å². The van der Waals surface area contributed by atoms with Gasteiger partial charge in [-0.2, -0.15) is 0 Å². The molecule has 1 aromatic heterocycles. The van der Waals surface area contributed by atoms with Gasteiger partial charge in [0, 0.05) is 4.47 Å². The largest absolute Gasteiger partial charge is 0.497 e. The first kappa shape index (κ1) is 22.2. The molecule has 1 aliphatic heterocycles. The van der Waals surface area contributed by atoms with Crippen molar-refractivity contribution >= 4 is 39.3 Å². The van der Waals surface area contributed by atoms with Crippen molar-refractivity contribution in [2.45, 2.75) is 19.9 Å². The van der Waals surface area contributed by atoms with Crippen molar-refractivity contribution in [2.24, 2.45) is 4.99 Å². The van der Waals surface area contributed by atoms with Crippen LogP contribution >= 0.6 is 27.3 Å². The van der Waals surface area contributed by atoms with Crippen molar-refractivity contribution in [3.8, 4) is 5.75 Å². The van der Waals surface area contributed by atoms with E-state index in [1.165, 1.54) is 11.3 Å². The van der Waals surface area contributed by atoms with Crippen LogP contribution in [0.4, 0.5) is 0 Å². The van der Waals surface area contributed by atoms with Crippen molar-refractivity contribution < 1.29 is 14.3 Å². The van der Waals surface area contributed by atoms with Crippen molar-refractivity contribution in [1.82, 2.24) is 4.57 Å². The van der Waals surface area contributed by atoms with Crippen LogP contribution in [-0.4, -0.2) is 24.3 Å². The molecule has 1 aliphatic rings. The number of nitrogens with zero attached hydrogens (tertiary/aromatic N) is 2. The summed E-state index contributed by atoms with van der Waals surface area (Å²) in [6.45, 7) is 3.77. The van der Waals surface area contributed by atoms with E-state index in [-0.39, 0.29) is 12.2 Å². The minimum absolute atomic E-state index is 0.209. The van der Waals surface area contributed by atoms with Crippen LogP contribution < -0.4 is 19.6 Å². The van der Waals surface area contributed by atoms with Crippen LogP contribution in [0.3, 0.4) is 0 Å². The van der Waals surface area contributed by atoms with E-state index in [0.717, 1.165) is 15.6 Å². The maximum absolute atomic E-state index is 13.5. The van der Waals surface area contributed by atoms with Gasteiger partial charge in [-0.15, -0.1) is 0 Å². The molecule has 0 unspecified atom stereocenters. The summed E-state index contributed by atoms with van der Waals surface area (Å²) in [5.41, 5.74) is 2.36. The number of rotatable bonds is 5. The van der Waals surface area contributed by atoms with Gasteiger partial charge in [-0.1, -0.05) is 51.5 Å². The Morgan fingerprint density at radius 1 is 1.25 bits per heavy atom. The van der Waals surface area contributed by atoms with Gasteiger partial charge in [0.2, 0.25) is 0 Å². The molecule has 0 saturated heterocycles. The Labute approximate surface area is 197 Å². The van der Waals surface area contributed by atoms with E-state index < -0.39 is 12.0 Å². The van der Waals surface area contributed by atoms with Gasteiger partial charge < -0.3 is 9.47 Å². The lowest BCUT2D eigenvalue weighted by atomic mass is 9.96. The highest BCUT2D eigenvalue weighted by Gasteiger charge is 2.33. The molecule has 164 valence electrons. The van der Waals surface area contributed by atoms with Gasteiger partial charge in [0.1, 0.15) is 5.75 Å². The summed E-state index contributed by atoms with van der Waals surface area (Å²) in [4.78, 5) is 31.5. The van der Waals surface area contributed by atoms with Crippen LogP contribution in [0.1, 0.15) is 31.0 Å². The second-order valence-corrected chi connectivity index (χ2v) is 9.06. The summed E-state index contributed by atoms with van der Waals surface area (Å²) in [7, 11) is 1.60. The van der Waals surface area contributed by atoms with Crippen LogP contribution in [-0.2, 0) is 9.53 Å². The molecule has 3 aromatic rings. The zero-order chi connectivity index (χ0) is 22.8. The van der Waals surface area contributed by atoms with E-state index in [4.69, 9.17) is 9.47 Å². The van der Waals surface area contributed by atoms with Crippen molar-refractivity contribution in [1.29, 1.82) is 0 Å². The second kappa shape index (κ2) is 9.26. The predicted octanol–water partition coefficient (Wildman–Crippen LogP) is 3.57. The number of halogens is 1. The van der Waals surface area contributed by atoms with Gasteiger partial charge in [-0.3, -0.25) is 9.36 Å². The number of ether oxygens (including phenoxy) is 2. The monoisotopic (exact) mass is 512 g/mol. The molecule has 32 heavy (non-hydrogen) atoms. The third-order valence-electron chi connectivity index (χ3n) is 5.09. The summed E-state index contributed by atoms with van der Waals surface area (Å²) in [6, 6.07) is 14.4. The number of fused-ring (bicyclic) bond motifs is 1. The standard InChI is InChI=1S/C24H21BrN2O4S/c1-4-31-23(29)20-14(2)26-24-27(21(20)16-8-10-17(25)11-9-16)22(28)19(32-24)13-15-6-5-7-18(12-15)30-3/h5-13,21H,4H2,1-3H3/b19-13-/t21-/m1/s1. The molecular weight excluding hydrogens is 492 g/mol. The quantitative estimate of drug-likeness (QED) is 0.490. The van der Waals surface area contributed by atoms with Crippen LogP contribution in [0, 0.1) is 0 Å². The Balaban J connectivity index is 1.94. The third-order valence-corrected chi connectivity index (χ3v) is 6.61. The predicted molar refractivity (Wildman–Crippen MR) is 128 cm³/mol. The van der Waals surface area contributed by atoms with Gasteiger partial charge >= 0.3 is 5.97 Å². The summed E-state index contributed by atoms with van der Waals surface area (Å²) < 4.78 is 13.6. The van der Waals surface area contributed by atoms with Gasteiger partial charge in [-0.05, 0) is 55.3 Å². The maximum Gasteiger partial charge on any atom is 0.338 e. The third kappa shape index (κ3) is 4.20. The minimum Gasteiger partial charge on any atom is -0.497 e. The Morgan fingerprint density at radius 2 is 2.00 bits per heavy atom. The topological polar surface area (TPSA) is 69.9 Å². The maximum atomic E-state index is 13.5. The lowest BCUT2D eigenvalue weighted by Gasteiger charge is -2.24. The SMILES string of the molecule is CCOC(=O)C1=C(C)N=c2s/c(=C\c3cccc(OC)c3)c(=O)n2[C@@H]1c1ccc(Br)cc1. The van der Waals surface area contributed by atoms with Crippen molar-refractivity contribution in [3.05, 3.63) is 95.1 Å². The molecule has 0 aliphatic carbocycles. The molecule has 8 heteroatoms. The Bertz CT molecular complexity index is 1390. The molecule has 6 nitrogen and oxygen atoms in total. The van der Waals surface area contributed by atoms with Gasteiger partial charge in [0.05, 0.1) is 35.6 Å². The number of thiazole rings is 1. The van der Waals surface area contributed by atoms with E-state index in [1.807, 2.05) is 54.6 Å². The van der Waals surface area contributed by atoms with Gasteiger partial charge in [0.25, 0.3) is 5.56 Å². The molecular formula is C24H21BrN2O4S. The van der Waals surface area contributed by atoms with E-state index in [9.17, 15) is 9.59 Å². The zero-order valence-corrected chi connectivity index (χ0v) is 20.2. The van der Waals surface area contributed by atoms with E-state index in [2.05, 4.69) is 20.9 Å². The number of carbonyl (C=O) groups excluding carboxylic acids is 1. The fourth-order valence-corrected chi connectivity index (χ4v) is 4.95. The number of hydrogen-bond donors (Lipinski definition) is 0. The first-order valence-electron chi connectivity index (χ1n) is 10.0. The molecule has 1 atom stereocenters. The lowest BCUT2D eigenvalue weighted by Crippen LogP contribution is -2.39. The molecule has 0 amide bonds. The molecule has 2 aromatic carbocycles. The van der Waals surface area contributed by atoms with Crippen molar-refractivity contribution in [2.75, 3.05) is 13.7 Å². The summed E-state index contributed by atoms with van der Waals surface area (Å²) >= 11 is 4.74. The average molecular weight is 513 g/mol. The normalized spacial score (nSPS) is 15.9. The number of carbonyl (C=O) groups is 1. The van der Waals surface area contributed by atoms with Gasteiger partial charge in [-0.25, -0.2) is 9.79 Å². The zero-order valence-electron chi connectivity index (χ0n) is 17.8. The fraction of sp³-hybridized carbons (Fsp3) is 0.208. The van der Waals surface area contributed by atoms with Crippen LogP contribution in [0.2, 0.25) is 0 Å². The Hall–Kier alpha value is -2.97. The Kier molecular flexibility index (Phi) is 6.43. The van der Waals surface area contributed by atoms with Crippen LogP contribution in [0.15, 0.2) is 74.1 Å². The summed E-state index contributed by atoms with van der Waals surface area (Å²) in [5, 5.41) is 0. The Morgan fingerprint density at radius 3 is 2.69 bits per heavy atom. The molecule has 0 spiro atoms. The lowest BCUT2D eigenvalue weighted by molar-refractivity contribution is -0.139. The molecule has 2 heterocycles. The minimum atomic E-state index is -0.620. The number of hydrogen-bond acceptors (Lipinski definition) is 6. The first-order valence-corrected chi connectivity index (χ1v) is 11.6. The number of esters is 1. The molecule has 0 radical (unpaired) electrons. The van der Waals surface area contributed by atoms with E-state index in [0.29, 0.717) is 26.4 Å². The molecule has 0 saturated carbocycles. The number of aromatic nitrogens is 1. The highest BCUT2D eigenvalue weighted by molar-refractivity contribution is 9.10. The van der Waals surface area contributed by atoms with Crippen LogP contribution in [0.5, 0.6) is 5.75 Å². The summed E-state index contributed by atoms with van der Waals surface area (Å²) in [6.07, 6.45) is 1.81. The molecule has 0 bridgehead atoms. The van der Waals surface area contributed by atoms with Crippen molar-refractivity contribution in [3.63, 3.8) is 0 Å². The molecule has 0 N–H and O–H groups in total. The molecule has 4 rings (SSSR count). The van der Waals surface area contributed by atoms with E-state index >= 15 is 0 Å².